The molecule has 0 aromatic carbocycles. The molecular formula is C12H20N4OS. The number of hydrogen-bond acceptors (Lipinski definition) is 5. The first-order valence-electron chi connectivity index (χ1n) is 6.04. The summed E-state index contributed by atoms with van der Waals surface area (Å²) in [6.07, 6.45) is 6.11. The molecule has 1 aromatic heterocycles. The molecule has 0 bridgehead atoms. The lowest BCUT2D eigenvalue weighted by molar-refractivity contribution is 0.0948. The summed E-state index contributed by atoms with van der Waals surface area (Å²) in [6.45, 7) is 5.53. The molecule has 1 heterocycles. The van der Waals surface area contributed by atoms with E-state index in [9.17, 15) is 4.79 Å². The van der Waals surface area contributed by atoms with Crippen molar-refractivity contribution in [2.45, 2.75) is 25.5 Å². The third-order valence-electron chi connectivity index (χ3n) is 2.46. The summed E-state index contributed by atoms with van der Waals surface area (Å²) in [5, 5.41) is 6.43. The Bertz CT molecular complexity index is 386. The van der Waals surface area contributed by atoms with E-state index in [0.29, 0.717) is 23.3 Å². The highest BCUT2D eigenvalue weighted by molar-refractivity contribution is 7.99. The number of carbonyl (C=O) groups excluding carboxylic acids is 1. The van der Waals surface area contributed by atoms with E-state index in [2.05, 4.69) is 33.8 Å². The molecule has 2 N–H and O–H groups in total. The Morgan fingerprint density at radius 1 is 1.50 bits per heavy atom. The number of nitrogens with one attached hydrogen (secondary N) is 2. The van der Waals surface area contributed by atoms with Crippen LogP contribution in [0.15, 0.2) is 12.4 Å². The molecule has 0 aliphatic heterocycles. The molecule has 100 valence electrons. The molecule has 1 amide bonds. The maximum Gasteiger partial charge on any atom is 0.271 e. The van der Waals surface area contributed by atoms with Gasteiger partial charge in [0, 0.05) is 18.3 Å². The number of nitrogens with zero attached hydrogens (tertiary/aromatic N) is 2. The Kier molecular flexibility index (Phi) is 6.49. The van der Waals surface area contributed by atoms with Crippen LogP contribution in [0.2, 0.25) is 0 Å². The first kappa shape index (κ1) is 14.8. The van der Waals surface area contributed by atoms with E-state index in [4.69, 9.17) is 0 Å². The van der Waals surface area contributed by atoms with Gasteiger partial charge in [0.2, 0.25) is 0 Å². The Balaban J connectivity index is 2.48. The molecule has 0 saturated heterocycles. The fraction of sp³-hybridized carbons (Fsp3) is 0.583. The first-order valence-corrected chi connectivity index (χ1v) is 7.33. The number of anilines is 1. The van der Waals surface area contributed by atoms with Crippen molar-refractivity contribution < 1.29 is 4.79 Å². The molecule has 6 heteroatoms. The maximum absolute atomic E-state index is 11.8. The van der Waals surface area contributed by atoms with Crippen LogP contribution in [0.5, 0.6) is 0 Å². The van der Waals surface area contributed by atoms with Crippen LogP contribution in [0.1, 0.15) is 30.8 Å². The van der Waals surface area contributed by atoms with Crippen molar-refractivity contribution >= 4 is 23.5 Å². The fourth-order valence-electron chi connectivity index (χ4n) is 1.34. The molecular weight excluding hydrogens is 248 g/mol. The van der Waals surface area contributed by atoms with Crippen LogP contribution < -0.4 is 10.6 Å². The smallest absolute Gasteiger partial charge is 0.271 e. The van der Waals surface area contributed by atoms with Crippen LogP contribution in [-0.2, 0) is 0 Å². The molecule has 0 aliphatic carbocycles. The Labute approximate surface area is 112 Å². The van der Waals surface area contributed by atoms with Crippen LogP contribution in [0, 0.1) is 0 Å². The van der Waals surface area contributed by atoms with E-state index in [-0.39, 0.29) is 5.91 Å². The topological polar surface area (TPSA) is 66.9 Å². The summed E-state index contributed by atoms with van der Waals surface area (Å²) < 4.78 is 0. The minimum Gasteiger partial charge on any atom is -0.369 e. The highest BCUT2D eigenvalue weighted by atomic mass is 32.2. The number of thioether (sulfide) groups is 1. The van der Waals surface area contributed by atoms with Gasteiger partial charge in [0.15, 0.2) is 0 Å². The summed E-state index contributed by atoms with van der Waals surface area (Å²) in [6, 6.07) is 0. The average molecular weight is 268 g/mol. The van der Waals surface area contributed by atoms with Crippen LogP contribution in [0.25, 0.3) is 0 Å². The van der Waals surface area contributed by atoms with Crippen LogP contribution >= 0.6 is 11.8 Å². The molecule has 0 aliphatic rings. The molecule has 0 fully saturated rings. The van der Waals surface area contributed by atoms with Crippen molar-refractivity contribution in [2.75, 3.05) is 24.7 Å². The molecule has 1 atom stereocenters. The fourth-order valence-corrected chi connectivity index (χ4v) is 1.69. The minimum atomic E-state index is -0.171. The number of carbonyl (C=O) groups is 1. The van der Waals surface area contributed by atoms with Gasteiger partial charge in [-0.25, -0.2) is 4.98 Å². The second-order valence-corrected chi connectivity index (χ2v) is 5.19. The number of rotatable bonds is 7. The van der Waals surface area contributed by atoms with Gasteiger partial charge in [-0.1, -0.05) is 6.92 Å². The molecule has 18 heavy (non-hydrogen) atoms. The van der Waals surface area contributed by atoms with Gasteiger partial charge in [0.05, 0.1) is 12.4 Å². The number of hydrogen-bond donors (Lipinski definition) is 2. The Morgan fingerprint density at radius 2 is 2.28 bits per heavy atom. The van der Waals surface area contributed by atoms with E-state index in [0.717, 1.165) is 13.0 Å². The predicted octanol–water partition coefficient (Wildman–Crippen LogP) is 1.78. The van der Waals surface area contributed by atoms with E-state index in [1.807, 2.05) is 6.92 Å². The quantitative estimate of drug-likeness (QED) is 0.789. The third-order valence-corrected chi connectivity index (χ3v) is 3.50. The van der Waals surface area contributed by atoms with Gasteiger partial charge in [-0.2, -0.15) is 11.8 Å². The standard InChI is InChI=1S/C12H20N4OS/c1-4-14-11-8-13-7-10(16-11)12(17)15-6-5-9(2)18-3/h7-9H,4-6H2,1-3H3,(H,14,16)(H,15,17). The van der Waals surface area contributed by atoms with Crippen molar-refractivity contribution in [1.29, 1.82) is 0 Å². The monoisotopic (exact) mass is 268 g/mol. The van der Waals surface area contributed by atoms with E-state index in [1.54, 1.807) is 18.0 Å². The molecule has 1 aromatic rings. The van der Waals surface area contributed by atoms with E-state index < -0.39 is 0 Å². The minimum absolute atomic E-state index is 0.171. The van der Waals surface area contributed by atoms with Crippen LogP contribution in [-0.4, -0.2) is 40.5 Å². The second-order valence-electron chi connectivity index (χ2n) is 3.91. The zero-order valence-electron chi connectivity index (χ0n) is 11.1. The number of aromatic nitrogens is 2. The zero-order chi connectivity index (χ0) is 13.4. The van der Waals surface area contributed by atoms with E-state index >= 15 is 0 Å². The lowest BCUT2D eigenvalue weighted by Crippen LogP contribution is -2.27. The predicted molar refractivity (Wildman–Crippen MR) is 76.1 cm³/mol. The largest absolute Gasteiger partial charge is 0.369 e. The molecule has 1 unspecified atom stereocenters. The van der Waals surface area contributed by atoms with Gasteiger partial charge in [-0.05, 0) is 19.6 Å². The van der Waals surface area contributed by atoms with Gasteiger partial charge in [0.25, 0.3) is 5.91 Å². The SMILES string of the molecule is CCNc1cncc(C(=O)NCCC(C)SC)n1. The van der Waals surface area contributed by atoms with E-state index in [1.165, 1.54) is 6.20 Å². The summed E-state index contributed by atoms with van der Waals surface area (Å²) >= 11 is 1.79. The number of amides is 1. The summed E-state index contributed by atoms with van der Waals surface area (Å²) in [4.78, 5) is 20.0. The molecule has 0 spiro atoms. The van der Waals surface area contributed by atoms with Gasteiger partial charge in [0.1, 0.15) is 11.5 Å². The second kappa shape index (κ2) is 7.92. The Morgan fingerprint density at radius 3 is 2.94 bits per heavy atom. The van der Waals surface area contributed by atoms with Crippen molar-refractivity contribution in [1.82, 2.24) is 15.3 Å². The molecule has 0 radical (unpaired) electrons. The Hall–Kier alpha value is -1.30. The van der Waals surface area contributed by atoms with Crippen molar-refractivity contribution in [2.24, 2.45) is 0 Å². The average Bonchev–Trinajstić information content (AvgIpc) is 2.39. The summed E-state index contributed by atoms with van der Waals surface area (Å²) in [5.74, 6) is 0.457. The maximum atomic E-state index is 11.8. The zero-order valence-corrected chi connectivity index (χ0v) is 11.9. The summed E-state index contributed by atoms with van der Waals surface area (Å²) in [7, 11) is 0. The lowest BCUT2D eigenvalue weighted by Gasteiger charge is -2.09. The highest BCUT2D eigenvalue weighted by Gasteiger charge is 2.08. The molecule has 5 nitrogen and oxygen atoms in total. The molecule has 0 saturated carbocycles. The van der Waals surface area contributed by atoms with Gasteiger partial charge < -0.3 is 10.6 Å². The van der Waals surface area contributed by atoms with Crippen LogP contribution in [0.4, 0.5) is 5.82 Å². The summed E-state index contributed by atoms with van der Waals surface area (Å²) in [5.41, 5.74) is 0.352. The van der Waals surface area contributed by atoms with Crippen molar-refractivity contribution in [3.63, 3.8) is 0 Å². The van der Waals surface area contributed by atoms with Crippen molar-refractivity contribution in [3.05, 3.63) is 18.1 Å². The highest BCUT2D eigenvalue weighted by Crippen LogP contribution is 2.08. The first-order chi connectivity index (χ1) is 8.67. The van der Waals surface area contributed by atoms with Crippen LogP contribution in [0.3, 0.4) is 0 Å². The van der Waals surface area contributed by atoms with Gasteiger partial charge >= 0.3 is 0 Å². The van der Waals surface area contributed by atoms with Crippen molar-refractivity contribution in [3.8, 4) is 0 Å². The third kappa shape index (κ3) is 4.91. The lowest BCUT2D eigenvalue weighted by atomic mass is 10.3. The normalized spacial score (nSPS) is 11.9. The molecule has 1 rings (SSSR count). The van der Waals surface area contributed by atoms with Gasteiger partial charge in [-0.15, -0.1) is 0 Å². The van der Waals surface area contributed by atoms with Gasteiger partial charge in [-0.3, -0.25) is 9.78 Å².